The Labute approximate surface area is 119 Å². The maximum absolute atomic E-state index is 11.8. The molecular weight excluding hydrogens is 254 g/mol. The Kier molecular flexibility index (Phi) is 5.60. The molecule has 0 spiro atoms. The first-order valence-corrected chi connectivity index (χ1v) is 6.85. The van der Waals surface area contributed by atoms with Crippen LogP contribution in [0.3, 0.4) is 0 Å². The van der Waals surface area contributed by atoms with Gasteiger partial charge in [-0.25, -0.2) is 0 Å². The number of aliphatic hydroxyl groups is 1. The fraction of sp³-hybridized carbons (Fsp3) is 0.438. The van der Waals surface area contributed by atoms with Gasteiger partial charge in [0.05, 0.1) is 12.5 Å². The predicted molar refractivity (Wildman–Crippen MR) is 75.8 cm³/mol. The number of rotatable bonds is 4. The minimum atomic E-state index is -0.167. The quantitative estimate of drug-likeness (QED) is 0.811. The summed E-state index contributed by atoms with van der Waals surface area (Å²) >= 11 is 0. The molecule has 1 heterocycles. The van der Waals surface area contributed by atoms with Gasteiger partial charge in [0.25, 0.3) is 0 Å². The van der Waals surface area contributed by atoms with Crippen LogP contribution >= 0.6 is 0 Å². The van der Waals surface area contributed by atoms with Gasteiger partial charge in [0.1, 0.15) is 6.61 Å². The summed E-state index contributed by atoms with van der Waals surface area (Å²) in [6.07, 6.45) is 2.49. The Hall–Kier alpha value is -1.83. The van der Waals surface area contributed by atoms with E-state index in [1.807, 2.05) is 24.3 Å². The van der Waals surface area contributed by atoms with Crippen molar-refractivity contribution in [3.63, 3.8) is 0 Å². The lowest BCUT2D eigenvalue weighted by atomic mass is 10.1. The average Bonchev–Trinajstić information content (AvgIpc) is 2.96. The monoisotopic (exact) mass is 273 g/mol. The molecule has 1 aromatic rings. The highest BCUT2D eigenvalue weighted by atomic mass is 16.5. The number of nitrogens with one attached hydrogen (secondary N) is 1. The van der Waals surface area contributed by atoms with Gasteiger partial charge in [-0.05, 0) is 24.5 Å². The molecular formula is C16H19NO3. The van der Waals surface area contributed by atoms with Crippen molar-refractivity contribution in [1.82, 2.24) is 5.32 Å². The number of aliphatic hydroxyl groups excluding tert-OH is 1. The van der Waals surface area contributed by atoms with Crippen LogP contribution in [-0.4, -0.2) is 30.3 Å². The summed E-state index contributed by atoms with van der Waals surface area (Å²) in [5, 5.41) is 11.6. The first-order chi connectivity index (χ1) is 9.79. The van der Waals surface area contributed by atoms with E-state index in [-0.39, 0.29) is 18.6 Å². The Balaban J connectivity index is 1.88. The van der Waals surface area contributed by atoms with Gasteiger partial charge in [-0.3, -0.25) is 4.79 Å². The molecule has 1 fully saturated rings. The summed E-state index contributed by atoms with van der Waals surface area (Å²) in [5.41, 5.74) is 1.79. The van der Waals surface area contributed by atoms with Gasteiger partial charge in [0.15, 0.2) is 0 Å². The van der Waals surface area contributed by atoms with Crippen LogP contribution in [0.2, 0.25) is 0 Å². The topological polar surface area (TPSA) is 58.6 Å². The summed E-state index contributed by atoms with van der Waals surface area (Å²) in [6.45, 7) is 1.04. The molecule has 4 heteroatoms. The van der Waals surface area contributed by atoms with E-state index < -0.39 is 0 Å². The van der Waals surface area contributed by atoms with E-state index in [1.54, 1.807) is 0 Å². The van der Waals surface area contributed by atoms with Crippen LogP contribution in [0.25, 0.3) is 0 Å². The Bertz CT molecular complexity index is 510. The molecule has 0 aliphatic carbocycles. The van der Waals surface area contributed by atoms with E-state index in [0.717, 1.165) is 30.6 Å². The smallest absolute Gasteiger partial charge is 0.222 e. The molecule has 1 aromatic carbocycles. The molecule has 2 rings (SSSR count). The fourth-order valence-electron chi connectivity index (χ4n) is 2.21. The summed E-state index contributed by atoms with van der Waals surface area (Å²) in [7, 11) is 0. The Morgan fingerprint density at radius 3 is 3.05 bits per heavy atom. The van der Waals surface area contributed by atoms with Gasteiger partial charge >= 0.3 is 0 Å². The zero-order valence-corrected chi connectivity index (χ0v) is 11.4. The normalized spacial score (nSPS) is 17.4. The molecule has 1 aliphatic rings. The maximum atomic E-state index is 11.8. The molecule has 0 aromatic heterocycles. The highest BCUT2D eigenvalue weighted by Crippen LogP contribution is 2.15. The van der Waals surface area contributed by atoms with Gasteiger partial charge in [-0.1, -0.05) is 30.0 Å². The lowest BCUT2D eigenvalue weighted by molar-refractivity contribution is -0.123. The first-order valence-electron chi connectivity index (χ1n) is 6.85. The van der Waals surface area contributed by atoms with Gasteiger partial charge in [-0.15, -0.1) is 0 Å². The number of benzene rings is 1. The third-order valence-corrected chi connectivity index (χ3v) is 3.23. The number of amides is 1. The molecule has 4 nitrogen and oxygen atoms in total. The Morgan fingerprint density at radius 2 is 2.30 bits per heavy atom. The van der Waals surface area contributed by atoms with Gasteiger partial charge in [-0.2, -0.15) is 0 Å². The highest BCUT2D eigenvalue weighted by Gasteiger charge is 2.18. The van der Waals surface area contributed by atoms with E-state index in [2.05, 4.69) is 17.2 Å². The number of hydrogen-bond acceptors (Lipinski definition) is 3. The second-order valence-corrected chi connectivity index (χ2v) is 4.73. The van der Waals surface area contributed by atoms with Crippen molar-refractivity contribution < 1.29 is 14.6 Å². The van der Waals surface area contributed by atoms with Crippen molar-refractivity contribution in [3.05, 3.63) is 35.4 Å². The van der Waals surface area contributed by atoms with Crippen molar-refractivity contribution in [2.75, 3.05) is 13.2 Å². The van der Waals surface area contributed by atoms with Crippen LogP contribution < -0.4 is 5.32 Å². The number of carbonyl (C=O) groups is 1. The van der Waals surface area contributed by atoms with Crippen molar-refractivity contribution >= 4 is 5.91 Å². The minimum Gasteiger partial charge on any atom is -0.384 e. The molecule has 0 radical (unpaired) electrons. The van der Waals surface area contributed by atoms with E-state index in [0.29, 0.717) is 13.0 Å². The van der Waals surface area contributed by atoms with Crippen LogP contribution in [0.4, 0.5) is 0 Å². The maximum Gasteiger partial charge on any atom is 0.222 e. The third-order valence-electron chi connectivity index (χ3n) is 3.23. The predicted octanol–water partition coefficient (Wildman–Crippen LogP) is 1.22. The summed E-state index contributed by atoms with van der Waals surface area (Å²) < 4.78 is 5.44. The van der Waals surface area contributed by atoms with Crippen LogP contribution in [0.15, 0.2) is 24.3 Å². The summed E-state index contributed by atoms with van der Waals surface area (Å²) in [6, 6.07) is 7.60. The van der Waals surface area contributed by atoms with E-state index in [9.17, 15) is 4.79 Å². The lowest BCUT2D eigenvalue weighted by Gasteiger charge is -2.10. The number of hydrogen-bond donors (Lipinski definition) is 2. The van der Waals surface area contributed by atoms with Crippen LogP contribution in [0, 0.1) is 11.8 Å². The molecule has 1 saturated heterocycles. The SMILES string of the molecule is O=C(CC1CCCO1)NCc1ccccc1C#CCO. The van der Waals surface area contributed by atoms with Gasteiger partial charge in [0, 0.05) is 18.7 Å². The first kappa shape index (κ1) is 14.6. The molecule has 1 atom stereocenters. The van der Waals surface area contributed by atoms with E-state index in [4.69, 9.17) is 9.84 Å². The molecule has 20 heavy (non-hydrogen) atoms. The largest absolute Gasteiger partial charge is 0.384 e. The zero-order valence-electron chi connectivity index (χ0n) is 11.4. The Morgan fingerprint density at radius 1 is 1.45 bits per heavy atom. The minimum absolute atomic E-state index is 0.00169. The average molecular weight is 273 g/mol. The van der Waals surface area contributed by atoms with Crippen LogP contribution in [-0.2, 0) is 16.1 Å². The van der Waals surface area contributed by atoms with Crippen molar-refractivity contribution in [2.24, 2.45) is 0 Å². The lowest BCUT2D eigenvalue weighted by Crippen LogP contribution is -2.27. The molecule has 0 bridgehead atoms. The highest BCUT2D eigenvalue weighted by molar-refractivity contribution is 5.76. The fourth-order valence-corrected chi connectivity index (χ4v) is 2.21. The van der Waals surface area contributed by atoms with Crippen LogP contribution in [0.1, 0.15) is 30.4 Å². The summed E-state index contributed by atoms with van der Waals surface area (Å²) in [4.78, 5) is 11.8. The number of carbonyl (C=O) groups excluding carboxylic acids is 1. The molecule has 1 unspecified atom stereocenters. The molecule has 2 N–H and O–H groups in total. The molecule has 0 saturated carbocycles. The third kappa shape index (κ3) is 4.37. The van der Waals surface area contributed by atoms with E-state index in [1.165, 1.54) is 0 Å². The standard InChI is InChI=1S/C16H19NO3/c18-9-3-7-13-5-1-2-6-14(13)12-17-16(19)11-15-8-4-10-20-15/h1-2,5-6,15,18H,4,8-12H2,(H,17,19). The molecule has 1 aliphatic heterocycles. The van der Waals surface area contributed by atoms with Crippen molar-refractivity contribution in [2.45, 2.75) is 31.9 Å². The van der Waals surface area contributed by atoms with Gasteiger partial charge < -0.3 is 15.2 Å². The second kappa shape index (κ2) is 7.68. The van der Waals surface area contributed by atoms with Crippen molar-refractivity contribution in [3.8, 4) is 11.8 Å². The zero-order chi connectivity index (χ0) is 14.2. The van der Waals surface area contributed by atoms with Gasteiger partial charge in [0.2, 0.25) is 5.91 Å². The molecule has 106 valence electrons. The second-order valence-electron chi connectivity index (χ2n) is 4.73. The summed E-state index contributed by atoms with van der Waals surface area (Å²) in [5.74, 6) is 5.51. The van der Waals surface area contributed by atoms with E-state index >= 15 is 0 Å². The van der Waals surface area contributed by atoms with Crippen LogP contribution in [0.5, 0.6) is 0 Å². The van der Waals surface area contributed by atoms with Crippen molar-refractivity contribution in [1.29, 1.82) is 0 Å². The molecule has 1 amide bonds. The number of ether oxygens (including phenoxy) is 1.